The zero-order chi connectivity index (χ0) is 15.0. The third-order valence-electron chi connectivity index (χ3n) is 2.56. The lowest BCUT2D eigenvalue weighted by molar-refractivity contribution is -0.140. The highest BCUT2D eigenvalue weighted by atomic mass is 32.2. The highest BCUT2D eigenvalue weighted by Gasteiger charge is 2.22. The van der Waals surface area contributed by atoms with E-state index >= 15 is 0 Å². The molecule has 0 aromatic carbocycles. The maximum absolute atomic E-state index is 11.8. The van der Waals surface area contributed by atoms with E-state index in [2.05, 4.69) is 10.6 Å². The van der Waals surface area contributed by atoms with Crippen molar-refractivity contribution in [2.24, 2.45) is 0 Å². The first-order valence-electron chi connectivity index (χ1n) is 6.19. The Morgan fingerprint density at radius 2 is 1.79 bits per heavy atom. The van der Waals surface area contributed by atoms with E-state index in [0.29, 0.717) is 0 Å². The molecule has 6 nitrogen and oxygen atoms in total. The summed E-state index contributed by atoms with van der Waals surface area (Å²) in [4.78, 5) is 33.5. The van der Waals surface area contributed by atoms with Crippen LogP contribution in [0.15, 0.2) is 0 Å². The van der Waals surface area contributed by atoms with Crippen molar-refractivity contribution in [3.05, 3.63) is 0 Å². The Bertz CT molecular complexity index is 336. The number of carboxylic acids is 1. The molecule has 110 valence electrons. The molecule has 0 bridgehead atoms. The van der Waals surface area contributed by atoms with E-state index in [0.717, 1.165) is 6.42 Å². The van der Waals surface area contributed by atoms with Gasteiger partial charge in [0.05, 0.1) is 5.25 Å². The van der Waals surface area contributed by atoms with Gasteiger partial charge >= 0.3 is 5.97 Å². The number of carbonyl (C=O) groups is 3. The van der Waals surface area contributed by atoms with Gasteiger partial charge in [-0.1, -0.05) is 6.92 Å². The molecule has 0 aliphatic heterocycles. The number of carboxylic acid groups (broad SMARTS) is 1. The second kappa shape index (κ2) is 8.79. The van der Waals surface area contributed by atoms with E-state index in [1.165, 1.54) is 18.7 Å². The molecule has 0 saturated heterocycles. The fraction of sp³-hybridized carbons (Fsp3) is 0.750. The van der Waals surface area contributed by atoms with Crippen molar-refractivity contribution in [2.45, 2.75) is 51.4 Å². The van der Waals surface area contributed by atoms with Gasteiger partial charge in [0.25, 0.3) is 0 Å². The van der Waals surface area contributed by atoms with Crippen LogP contribution in [0.4, 0.5) is 0 Å². The van der Waals surface area contributed by atoms with Gasteiger partial charge in [-0.15, -0.1) is 11.8 Å². The molecule has 7 heteroatoms. The molecule has 19 heavy (non-hydrogen) atoms. The van der Waals surface area contributed by atoms with Crippen LogP contribution in [0.3, 0.4) is 0 Å². The van der Waals surface area contributed by atoms with E-state index in [4.69, 9.17) is 5.11 Å². The summed E-state index contributed by atoms with van der Waals surface area (Å²) in [5.74, 6) is -1.46. The monoisotopic (exact) mass is 290 g/mol. The van der Waals surface area contributed by atoms with Crippen molar-refractivity contribution in [1.82, 2.24) is 10.6 Å². The molecule has 3 atom stereocenters. The van der Waals surface area contributed by atoms with Gasteiger partial charge in [-0.3, -0.25) is 9.59 Å². The minimum absolute atomic E-state index is 0.0983. The van der Waals surface area contributed by atoms with Gasteiger partial charge in [-0.25, -0.2) is 4.79 Å². The third kappa shape index (κ3) is 7.71. The van der Waals surface area contributed by atoms with Gasteiger partial charge in [0, 0.05) is 18.7 Å². The molecule has 0 rings (SSSR count). The molecule has 0 aliphatic rings. The largest absolute Gasteiger partial charge is 0.480 e. The standard InChI is InChI=1S/C12H22N2O4S/c1-5-7(2)13-11(16)8(3)19-6-10(12(17)18)14-9(4)15/h7-8,10H,5-6H2,1-4H3,(H,13,16)(H,14,15)(H,17,18)/t7?,8?,10-/m0/s1. The van der Waals surface area contributed by atoms with Crippen LogP contribution >= 0.6 is 11.8 Å². The van der Waals surface area contributed by atoms with Crippen LogP contribution < -0.4 is 10.6 Å². The first kappa shape index (κ1) is 17.8. The van der Waals surface area contributed by atoms with E-state index in [1.54, 1.807) is 6.92 Å². The molecule has 0 saturated carbocycles. The Kier molecular flexibility index (Phi) is 8.22. The number of aliphatic carboxylic acids is 1. The lowest BCUT2D eigenvalue weighted by atomic mass is 10.2. The average molecular weight is 290 g/mol. The average Bonchev–Trinajstić information content (AvgIpc) is 2.32. The Morgan fingerprint density at radius 3 is 2.21 bits per heavy atom. The van der Waals surface area contributed by atoms with E-state index in [9.17, 15) is 14.4 Å². The zero-order valence-corrected chi connectivity index (χ0v) is 12.5. The van der Waals surface area contributed by atoms with Crippen LogP contribution in [0, 0.1) is 0 Å². The highest BCUT2D eigenvalue weighted by Crippen LogP contribution is 2.12. The smallest absolute Gasteiger partial charge is 0.327 e. The van der Waals surface area contributed by atoms with Crippen molar-refractivity contribution in [1.29, 1.82) is 0 Å². The summed E-state index contributed by atoms with van der Waals surface area (Å²) in [6.07, 6.45) is 0.840. The number of hydrogen-bond donors (Lipinski definition) is 3. The summed E-state index contributed by atoms with van der Waals surface area (Å²) in [5.41, 5.74) is 0. The lowest BCUT2D eigenvalue weighted by Crippen LogP contribution is -2.43. The lowest BCUT2D eigenvalue weighted by Gasteiger charge is -2.18. The third-order valence-corrected chi connectivity index (χ3v) is 3.80. The summed E-state index contributed by atoms with van der Waals surface area (Å²) < 4.78 is 0. The molecular formula is C12H22N2O4S. The molecule has 2 unspecified atom stereocenters. The maximum atomic E-state index is 11.8. The van der Waals surface area contributed by atoms with Crippen LogP contribution in [0.25, 0.3) is 0 Å². The molecule has 2 amide bonds. The summed E-state index contributed by atoms with van der Waals surface area (Å²) in [6, 6.07) is -0.873. The van der Waals surface area contributed by atoms with Crippen molar-refractivity contribution >= 4 is 29.5 Å². The summed E-state index contributed by atoms with van der Waals surface area (Å²) >= 11 is 1.21. The minimum atomic E-state index is -1.10. The quantitative estimate of drug-likeness (QED) is 0.609. The number of carbonyl (C=O) groups excluding carboxylic acids is 2. The van der Waals surface area contributed by atoms with E-state index in [1.807, 2.05) is 13.8 Å². The SMILES string of the molecule is CCC(C)NC(=O)C(C)SC[C@H](NC(C)=O)C(=O)O. The second-order valence-electron chi connectivity index (χ2n) is 4.38. The molecule has 0 radical (unpaired) electrons. The maximum Gasteiger partial charge on any atom is 0.327 e. The van der Waals surface area contributed by atoms with Gasteiger partial charge in [-0.2, -0.15) is 0 Å². The van der Waals surface area contributed by atoms with Crippen LogP contribution in [0.1, 0.15) is 34.1 Å². The first-order valence-corrected chi connectivity index (χ1v) is 7.24. The van der Waals surface area contributed by atoms with Gasteiger partial charge in [-0.05, 0) is 20.3 Å². The minimum Gasteiger partial charge on any atom is -0.480 e. The highest BCUT2D eigenvalue weighted by molar-refractivity contribution is 8.00. The molecule has 0 spiro atoms. The van der Waals surface area contributed by atoms with Crippen molar-refractivity contribution in [2.75, 3.05) is 5.75 Å². The second-order valence-corrected chi connectivity index (χ2v) is 5.76. The number of rotatable bonds is 8. The first-order chi connectivity index (χ1) is 8.77. The van der Waals surface area contributed by atoms with Crippen LogP contribution in [0.5, 0.6) is 0 Å². The molecule has 0 heterocycles. The Morgan fingerprint density at radius 1 is 1.21 bits per heavy atom. The Balaban J connectivity index is 4.24. The van der Waals surface area contributed by atoms with Gasteiger partial charge in [0.15, 0.2) is 0 Å². The number of thioether (sulfide) groups is 1. The topological polar surface area (TPSA) is 95.5 Å². The van der Waals surface area contributed by atoms with Crippen molar-refractivity contribution in [3.8, 4) is 0 Å². The van der Waals surface area contributed by atoms with Gasteiger partial charge in [0.2, 0.25) is 11.8 Å². The summed E-state index contributed by atoms with van der Waals surface area (Å²) in [7, 11) is 0. The van der Waals surface area contributed by atoms with Gasteiger partial charge in [0.1, 0.15) is 6.04 Å². The normalized spacial score (nSPS) is 15.2. The fourth-order valence-electron chi connectivity index (χ4n) is 1.20. The summed E-state index contributed by atoms with van der Waals surface area (Å²) in [6.45, 7) is 6.86. The predicted molar refractivity (Wildman–Crippen MR) is 75.1 cm³/mol. The van der Waals surface area contributed by atoms with Crippen molar-refractivity contribution in [3.63, 3.8) is 0 Å². The van der Waals surface area contributed by atoms with Crippen molar-refractivity contribution < 1.29 is 19.5 Å². The van der Waals surface area contributed by atoms with E-state index < -0.39 is 17.9 Å². The molecule has 0 fully saturated rings. The Hall–Kier alpha value is -1.24. The molecular weight excluding hydrogens is 268 g/mol. The summed E-state index contributed by atoms with van der Waals surface area (Å²) in [5, 5.41) is 13.7. The van der Waals surface area contributed by atoms with Crippen LogP contribution in [-0.4, -0.2) is 46.0 Å². The number of nitrogens with one attached hydrogen (secondary N) is 2. The Labute approximate surface area is 117 Å². The van der Waals surface area contributed by atoms with Crippen LogP contribution in [0.2, 0.25) is 0 Å². The van der Waals surface area contributed by atoms with Gasteiger partial charge < -0.3 is 15.7 Å². The molecule has 0 aromatic heterocycles. The number of hydrogen-bond acceptors (Lipinski definition) is 4. The zero-order valence-electron chi connectivity index (χ0n) is 11.7. The fourth-order valence-corrected chi connectivity index (χ4v) is 2.13. The molecule has 0 aliphatic carbocycles. The predicted octanol–water partition coefficient (Wildman–Crippen LogP) is 0.612. The molecule has 3 N–H and O–H groups in total. The van der Waals surface area contributed by atoms with Crippen LogP contribution in [-0.2, 0) is 14.4 Å². The van der Waals surface area contributed by atoms with E-state index in [-0.39, 0.29) is 23.0 Å². The number of amides is 2. The molecule has 0 aromatic rings.